The maximum Gasteiger partial charge on any atom is 0.338 e. The van der Waals surface area contributed by atoms with Crippen LogP contribution in [0.2, 0.25) is 0 Å². The Morgan fingerprint density at radius 2 is 2.09 bits per heavy atom. The molecule has 2 atom stereocenters. The minimum atomic E-state index is -1.35. The molecule has 2 unspecified atom stereocenters. The van der Waals surface area contributed by atoms with E-state index >= 15 is 0 Å². The number of aromatic nitrogens is 2. The van der Waals surface area contributed by atoms with E-state index in [0.29, 0.717) is 18.8 Å². The first-order valence-corrected chi connectivity index (χ1v) is 12.3. The Morgan fingerprint density at radius 1 is 1.29 bits per heavy atom. The Bertz CT molecular complexity index is 1180. The highest BCUT2D eigenvalue weighted by Crippen LogP contribution is 2.55. The molecule has 0 bridgehead atoms. The number of hydrogen-bond donors (Lipinski definition) is 1. The van der Waals surface area contributed by atoms with Gasteiger partial charge in [-0.1, -0.05) is 36.7 Å². The molecule has 7 heteroatoms. The molecule has 0 spiro atoms. The quantitative estimate of drug-likeness (QED) is 0.525. The number of para-hydroxylation sites is 1. The summed E-state index contributed by atoms with van der Waals surface area (Å²) >= 11 is 0. The van der Waals surface area contributed by atoms with Gasteiger partial charge in [-0.15, -0.1) is 0 Å². The number of methoxy groups -OCH3 is 1. The van der Waals surface area contributed by atoms with Crippen LogP contribution < -0.4 is 0 Å². The number of benzene rings is 1. The van der Waals surface area contributed by atoms with Crippen molar-refractivity contribution in [3.8, 4) is 0 Å². The summed E-state index contributed by atoms with van der Waals surface area (Å²) in [5.41, 5.74) is 0.613. The average molecular weight is 464 g/mol. The molecule has 34 heavy (non-hydrogen) atoms. The predicted molar refractivity (Wildman–Crippen MR) is 129 cm³/mol. The standard InChI is InChI=1S/C27H33N3O4/c1-4-11-26(22-10-13-28-23-9-6-5-8-21(22)23)27(33-3,25(31)32)12-7-14-30(26)20-16-19(17-20)24-15-18(2)29-34-24/h5-6,8-10,13,15,19-20H,4,7,11-12,14,16-17H2,1-3H3,(H,31,32). The Kier molecular flexibility index (Phi) is 5.94. The SMILES string of the molecule is CCCC1(c2ccnc3ccccc23)N(C2CC(c3cc(C)no3)C2)CCCC1(OC)C(=O)O. The second-order valence-electron chi connectivity index (χ2n) is 9.81. The van der Waals surface area contributed by atoms with Gasteiger partial charge in [-0.05, 0) is 63.3 Å². The van der Waals surface area contributed by atoms with Crippen LogP contribution in [-0.2, 0) is 15.1 Å². The third-order valence-corrected chi connectivity index (χ3v) is 8.09. The highest BCUT2D eigenvalue weighted by molar-refractivity contribution is 5.87. The minimum Gasteiger partial charge on any atom is -0.479 e. The van der Waals surface area contributed by atoms with Gasteiger partial charge in [0.15, 0.2) is 5.60 Å². The van der Waals surface area contributed by atoms with E-state index in [1.807, 2.05) is 43.5 Å². The van der Waals surface area contributed by atoms with E-state index in [9.17, 15) is 9.90 Å². The number of nitrogens with zero attached hydrogens (tertiary/aromatic N) is 3. The molecule has 2 fully saturated rings. The number of likely N-dealkylation sites (tertiary alicyclic amines) is 1. The molecule has 1 N–H and O–H groups in total. The highest BCUT2D eigenvalue weighted by Gasteiger charge is 2.64. The van der Waals surface area contributed by atoms with E-state index in [-0.39, 0.29) is 6.04 Å². The van der Waals surface area contributed by atoms with Crippen LogP contribution in [0.4, 0.5) is 0 Å². The fourth-order valence-corrected chi connectivity index (χ4v) is 6.59. The van der Waals surface area contributed by atoms with Crippen molar-refractivity contribution in [2.75, 3.05) is 13.7 Å². The van der Waals surface area contributed by atoms with Gasteiger partial charge in [0.25, 0.3) is 0 Å². The van der Waals surface area contributed by atoms with Crippen LogP contribution in [0.5, 0.6) is 0 Å². The van der Waals surface area contributed by atoms with E-state index in [1.165, 1.54) is 0 Å². The molecule has 2 aliphatic rings. The summed E-state index contributed by atoms with van der Waals surface area (Å²) < 4.78 is 11.6. The maximum absolute atomic E-state index is 13.1. The molecule has 1 aromatic carbocycles. The van der Waals surface area contributed by atoms with E-state index in [1.54, 1.807) is 7.11 Å². The number of aryl methyl sites for hydroxylation is 1. The maximum atomic E-state index is 13.1. The molecule has 3 aromatic rings. The number of carbonyl (C=O) groups is 1. The van der Waals surface area contributed by atoms with Crippen LogP contribution in [0.1, 0.15) is 68.4 Å². The lowest BCUT2D eigenvalue weighted by molar-refractivity contribution is -0.213. The molecule has 1 aliphatic heterocycles. The molecule has 3 heterocycles. The van der Waals surface area contributed by atoms with E-state index in [0.717, 1.165) is 60.1 Å². The third-order valence-electron chi connectivity index (χ3n) is 8.09. The Balaban J connectivity index is 1.66. The number of aliphatic carboxylic acids is 1. The fraction of sp³-hybridized carbons (Fsp3) is 0.519. The van der Waals surface area contributed by atoms with E-state index in [4.69, 9.17) is 9.26 Å². The van der Waals surface area contributed by atoms with Gasteiger partial charge >= 0.3 is 5.97 Å². The first-order chi connectivity index (χ1) is 16.5. The highest BCUT2D eigenvalue weighted by atomic mass is 16.5. The molecule has 0 radical (unpaired) electrons. The zero-order valence-electron chi connectivity index (χ0n) is 20.2. The molecule has 1 saturated carbocycles. The Hall–Kier alpha value is -2.77. The van der Waals surface area contributed by atoms with Crippen LogP contribution in [0.25, 0.3) is 10.9 Å². The van der Waals surface area contributed by atoms with Crippen LogP contribution in [0.15, 0.2) is 47.1 Å². The number of pyridine rings is 1. The summed E-state index contributed by atoms with van der Waals surface area (Å²) in [4.78, 5) is 20.1. The van der Waals surface area contributed by atoms with Crippen LogP contribution in [-0.4, -0.2) is 51.4 Å². The Morgan fingerprint density at radius 3 is 2.76 bits per heavy atom. The molecule has 5 rings (SSSR count). The normalized spacial score (nSPS) is 29.7. The smallest absolute Gasteiger partial charge is 0.338 e. The number of ether oxygens (including phenoxy) is 1. The van der Waals surface area contributed by atoms with Crippen molar-refractivity contribution in [1.29, 1.82) is 0 Å². The second-order valence-corrected chi connectivity index (χ2v) is 9.81. The summed E-state index contributed by atoms with van der Waals surface area (Å²) in [6.45, 7) is 4.90. The summed E-state index contributed by atoms with van der Waals surface area (Å²) in [5.74, 6) is 0.344. The molecule has 180 valence electrons. The molecule has 2 aromatic heterocycles. The van der Waals surface area contributed by atoms with Crippen molar-refractivity contribution < 1.29 is 19.2 Å². The van der Waals surface area contributed by atoms with Gasteiger partial charge in [-0.25, -0.2) is 4.79 Å². The monoisotopic (exact) mass is 463 g/mol. The third kappa shape index (κ3) is 3.28. The van der Waals surface area contributed by atoms with Crippen molar-refractivity contribution in [2.45, 2.75) is 75.5 Å². The van der Waals surface area contributed by atoms with Gasteiger partial charge < -0.3 is 14.4 Å². The van der Waals surface area contributed by atoms with E-state index < -0.39 is 17.1 Å². The molecule has 1 aliphatic carbocycles. The van der Waals surface area contributed by atoms with Crippen molar-refractivity contribution in [1.82, 2.24) is 15.0 Å². The molecule has 7 nitrogen and oxygen atoms in total. The van der Waals surface area contributed by atoms with Crippen molar-refractivity contribution >= 4 is 16.9 Å². The lowest BCUT2D eigenvalue weighted by Crippen LogP contribution is -2.72. The van der Waals surface area contributed by atoms with Crippen molar-refractivity contribution in [2.24, 2.45) is 0 Å². The summed E-state index contributed by atoms with van der Waals surface area (Å²) in [6.07, 6.45) is 6.42. The van der Waals surface area contributed by atoms with Gasteiger partial charge in [-0.3, -0.25) is 9.88 Å². The summed E-state index contributed by atoms with van der Waals surface area (Å²) in [7, 11) is 1.56. The molecular formula is C27H33N3O4. The fourth-order valence-electron chi connectivity index (χ4n) is 6.59. The summed E-state index contributed by atoms with van der Waals surface area (Å²) in [6, 6.07) is 12.3. The first kappa shape index (κ1) is 23.0. The largest absolute Gasteiger partial charge is 0.479 e. The zero-order valence-corrected chi connectivity index (χ0v) is 20.2. The predicted octanol–water partition coefficient (Wildman–Crippen LogP) is 5.04. The van der Waals surface area contributed by atoms with Gasteiger partial charge in [-0.2, -0.15) is 0 Å². The van der Waals surface area contributed by atoms with Crippen molar-refractivity contribution in [3.05, 3.63) is 59.6 Å². The second kappa shape index (κ2) is 8.78. The number of rotatable bonds is 7. The Labute approximate surface area is 200 Å². The average Bonchev–Trinajstić information content (AvgIpc) is 3.24. The molecule has 1 saturated heterocycles. The van der Waals surface area contributed by atoms with E-state index in [2.05, 4.69) is 28.0 Å². The number of carboxylic acid groups (broad SMARTS) is 1. The number of piperidine rings is 1. The lowest BCUT2D eigenvalue weighted by atomic mass is 9.62. The number of fused-ring (bicyclic) bond motifs is 1. The minimum absolute atomic E-state index is 0.239. The van der Waals surface area contributed by atoms with Gasteiger partial charge in [0, 0.05) is 36.7 Å². The summed E-state index contributed by atoms with van der Waals surface area (Å²) in [5, 5.41) is 15.8. The van der Waals surface area contributed by atoms with Crippen LogP contribution >= 0.6 is 0 Å². The number of hydrogen-bond acceptors (Lipinski definition) is 6. The molecular weight excluding hydrogens is 430 g/mol. The van der Waals surface area contributed by atoms with Gasteiger partial charge in [0.2, 0.25) is 0 Å². The van der Waals surface area contributed by atoms with Gasteiger partial charge in [0.1, 0.15) is 5.76 Å². The van der Waals surface area contributed by atoms with Crippen LogP contribution in [0.3, 0.4) is 0 Å². The lowest BCUT2D eigenvalue weighted by Gasteiger charge is -2.61. The topological polar surface area (TPSA) is 88.7 Å². The van der Waals surface area contributed by atoms with Crippen LogP contribution in [0, 0.1) is 6.92 Å². The first-order valence-electron chi connectivity index (χ1n) is 12.3. The number of carboxylic acids is 1. The van der Waals surface area contributed by atoms with Gasteiger partial charge in [0.05, 0.1) is 16.7 Å². The zero-order chi connectivity index (χ0) is 23.9. The molecule has 0 amide bonds. The van der Waals surface area contributed by atoms with Crippen molar-refractivity contribution in [3.63, 3.8) is 0 Å².